The van der Waals surface area contributed by atoms with Crippen LogP contribution in [-0.4, -0.2) is 16.5 Å². The van der Waals surface area contributed by atoms with Gasteiger partial charge >= 0.3 is 0 Å². The SMILES string of the molecule is CCCCCCCC(=O)C1=CC[C@@H]2C(C1)c1c(O)cc(C(C)(C)CCCCCC)cc1OC2(C)C. The zero-order chi connectivity index (χ0) is 25.6. The average molecular weight is 483 g/mol. The summed E-state index contributed by atoms with van der Waals surface area (Å²) in [7, 11) is 0. The molecule has 1 unspecified atom stereocenters. The van der Waals surface area contributed by atoms with E-state index >= 15 is 0 Å². The van der Waals surface area contributed by atoms with Crippen LogP contribution in [0.5, 0.6) is 11.5 Å². The van der Waals surface area contributed by atoms with Gasteiger partial charge in [-0.2, -0.15) is 0 Å². The number of Topliss-reactive ketones (excluding diaryl/α,β-unsaturated/α-hetero) is 1. The number of fused-ring (bicyclic) bond motifs is 3. The molecular weight excluding hydrogens is 432 g/mol. The van der Waals surface area contributed by atoms with Gasteiger partial charge in [-0.25, -0.2) is 0 Å². The van der Waals surface area contributed by atoms with Crippen LogP contribution in [0, 0.1) is 5.92 Å². The lowest BCUT2D eigenvalue weighted by atomic mass is 9.66. The van der Waals surface area contributed by atoms with Crippen molar-refractivity contribution in [3.8, 4) is 11.5 Å². The average Bonchev–Trinajstić information content (AvgIpc) is 2.80. The number of ether oxygens (including phenoxy) is 1. The van der Waals surface area contributed by atoms with Gasteiger partial charge in [-0.1, -0.05) is 85.1 Å². The van der Waals surface area contributed by atoms with E-state index in [-0.39, 0.29) is 22.9 Å². The number of allylic oxidation sites excluding steroid dienone is 2. The molecule has 1 heterocycles. The zero-order valence-corrected chi connectivity index (χ0v) is 23.3. The Morgan fingerprint density at radius 1 is 1.03 bits per heavy atom. The van der Waals surface area contributed by atoms with Crippen molar-refractivity contribution in [1.82, 2.24) is 0 Å². The summed E-state index contributed by atoms with van der Waals surface area (Å²) in [6.45, 7) is 13.3. The maximum absolute atomic E-state index is 13.0. The van der Waals surface area contributed by atoms with Crippen molar-refractivity contribution in [2.45, 2.75) is 142 Å². The van der Waals surface area contributed by atoms with Gasteiger partial charge < -0.3 is 9.84 Å². The number of ketones is 1. The summed E-state index contributed by atoms with van der Waals surface area (Å²) in [5.74, 6) is 1.85. The van der Waals surface area contributed by atoms with Crippen LogP contribution in [0.1, 0.15) is 142 Å². The lowest BCUT2D eigenvalue weighted by Crippen LogP contribution is -2.46. The van der Waals surface area contributed by atoms with Crippen LogP contribution in [0.25, 0.3) is 0 Å². The molecule has 3 nitrogen and oxygen atoms in total. The molecule has 0 aromatic heterocycles. The van der Waals surface area contributed by atoms with Crippen molar-refractivity contribution < 1.29 is 14.6 Å². The van der Waals surface area contributed by atoms with E-state index in [1.54, 1.807) is 0 Å². The van der Waals surface area contributed by atoms with Gasteiger partial charge in [0.25, 0.3) is 0 Å². The van der Waals surface area contributed by atoms with Crippen molar-refractivity contribution in [3.05, 3.63) is 34.9 Å². The van der Waals surface area contributed by atoms with Crippen LogP contribution in [-0.2, 0) is 10.2 Å². The Labute approximate surface area is 214 Å². The molecule has 2 aliphatic rings. The van der Waals surface area contributed by atoms with E-state index in [2.05, 4.69) is 53.7 Å². The first-order valence-corrected chi connectivity index (χ1v) is 14.4. The number of carbonyl (C=O) groups is 1. The van der Waals surface area contributed by atoms with Crippen LogP contribution in [0.4, 0.5) is 0 Å². The first-order valence-electron chi connectivity index (χ1n) is 14.4. The molecule has 0 saturated carbocycles. The quantitative estimate of drug-likeness (QED) is 0.285. The Morgan fingerprint density at radius 3 is 2.37 bits per heavy atom. The predicted molar refractivity (Wildman–Crippen MR) is 147 cm³/mol. The fourth-order valence-electron chi connectivity index (χ4n) is 6.20. The third-order valence-electron chi connectivity index (χ3n) is 8.60. The highest BCUT2D eigenvalue weighted by Gasteiger charge is 2.47. The van der Waals surface area contributed by atoms with E-state index in [4.69, 9.17) is 4.74 Å². The number of unbranched alkanes of at least 4 members (excludes halogenated alkanes) is 7. The van der Waals surface area contributed by atoms with E-state index < -0.39 is 0 Å². The molecule has 1 aromatic rings. The van der Waals surface area contributed by atoms with Gasteiger partial charge in [0.15, 0.2) is 5.78 Å². The fourth-order valence-corrected chi connectivity index (χ4v) is 6.20. The van der Waals surface area contributed by atoms with E-state index in [1.807, 2.05) is 6.07 Å². The number of hydrogen-bond donors (Lipinski definition) is 1. The summed E-state index contributed by atoms with van der Waals surface area (Å²) in [4.78, 5) is 13.0. The highest BCUT2D eigenvalue weighted by molar-refractivity contribution is 5.95. The number of rotatable bonds is 13. The smallest absolute Gasteiger partial charge is 0.158 e. The van der Waals surface area contributed by atoms with Crippen LogP contribution in [0.15, 0.2) is 23.8 Å². The van der Waals surface area contributed by atoms with Crippen LogP contribution >= 0.6 is 0 Å². The number of phenols is 1. The first-order chi connectivity index (χ1) is 16.6. The van der Waals surface area contributed by atoms with Gasteiger partial charge in [0.1, 0.15) is 17.1 Å². The molecule has 0 bridgehead atoms. The molecule has 3 heteroatoms. The van der Waals surface area contributed by atoms with Gasteiger partial charge in [-0.3, -0.25) is 4.79 Å². The molecule has 0 spiro atoms. The summed E-state index contributed by atoms with van der Waals surface area (Å²) < 4.78 is 6.57. The van der Waals surface area contributed by atoms with Crippen LogP contribution in [0.2, 0.25) is 0 Å². The molecule has 3 rings (SSSR count). The molecule has 1 aliphatic carbocycles. The van der Waals surface area contributed by atoms with E-state index in [1.165, 1.54) is 44.9 Å². The third kappa shape index (κ3) is 6.71. The van der Waals surface area contributed by atoms with Gasteiger partial charge in [-0.05, 0) is 68.2 Å². The molecule has 1 N–H and O–H groups in total. The Kier molecular flexibility index (Phi) is 9.52. The van der Waals surface area contributed by atoms with E-state index in [0.717, 1.165) is 48.1 Å². The van der Waals surface area contributed by atoms with Gasteiger partial charge in [0, 0.05) is 23.8 Å². The molecule has 1 aromatic carbocycles. The number of carbonyl (C=O) groups excluding carboxylic acids is 1. The Hall–Kier alpha value is -1.77. The lowest BCUT2D eigenvalue weighted by Gasteiger charge is -2.47. The normalized spacial score (nSPS) is 21.0. The molecule has 0 amide bonds. The minimum Gasteiger partial charge on any atom is -0.508 e. The lowest BCUT2D eigenvalue weighted by molar-refractivity contribution is -0.116. The molecule has 0 fully saturated rings. The first kappa shape index (κ1) is 27.8. The molecule has 1 aliphatic heterocycles. The van der Waals surface area contributed by atoms with Crippen molar-refractivity contribution in [2.24, 2.45) is 5.92 Å². The summed E-state index contributed by atoms with van der Waals surface area (Å²) in [6.07, 6.45) is 16.2. The summed E-state index contributed by atoms with van der Waals surface area (Å²) >= 11 is 0. The number of aromatic hydroxyl groups is 1. The third-order valence-corrected chi connectivity index (χ3v) is 8.60. The second-order valence-corrected chi connectivity index (χ2v) is 12.3. The minimum atomic E-state index is -0.334. The van der Waals surface area contributed by atoms with E-state index in [0.29, 0.717) is 24.4 Å². The van der Waals surface area contributed by atoms with Crippen LogP contribution < -0.4 is 4.74 Å². The topological polar surface area (TPSA) is 46.5 Å². The van der Waals surface area contributed by atoms with Crippen molar-refractivity contribution in [3.63, 3.8) is 0 Å². The molecule has 2 atom stereocenters. The fraction of sp³-hybridized carbons (Fsp3) is 0.719. The highest BCUT2D eigenvalue weighted by atomic mass is 16.5. The van der Waals surface area contributed by atoms with E-state index in [9.17, 15) is 9.90 Å². The van der Waals surface area contributed by atoms with Gasteiger partial charge in [-0.15, -0.1) is 0 Å². The van der Waals surface area contributed by atoms with Gasteiger partial charge in [0.05, 0.1) is 0 Å². The minimum absolute atomic E-state index is 0.0179. The number of benzene rings is 1. The maximum atomic E-state index is 13.0. The molecule has 35 heavy (non-hydrogen) atoms. The summed E-state index contributed by atoms with van der Waals surface area (Å²) in [5.41, 5.74) is 2.68. The van der Waals surface area contributed by atoms with Crippen molar-refractivity contribution in [2.75, 3.05) is 0 Å². The molecule has 0 saturated heterocycles. The summed E-state index contributed by atoms with van der Waals surface area (Å²) in [5, 5.41) is 11.3. The number of phenolic OH excluding ortho intramolecular Hbond substituents is 1. The highest BCUT2D eigenvalue weighted by Crippen LogP contribution is 2.55. The zero-order valence-electron chi connectivity index (χ0n) is 23.3. The largest absolute Gasteiger partial charge is 0.508 e. The Balaban J connectivity index is 1.79. The summed E-state index contributed by atoms with van der Waals surface area (Å²) in [6, 6.07) is 4.16. The van der Waals surface area contributed by atoms with Crippen LogP contribution in [0.3, 0.4) is 0 Å². The monoisotopic (exact) mass is 482 g/mol. The molecule has 0 radical (unpaired) electrons. The maximum Gasteiger partial charge on any atom is 0.158 e. The Morgan fingerprint density at radius 2 is 1.69 bits per heavy atom. The Bertz CT molecular complexity index is 892. The second kappa shape index (κ2) is 12.0. The number of hydrogen-bond acceptors (Lipinski definition) is 3. The van der Waals surface area contributed by atoms with Crippen molar-refractivity contribution in [1.29, 1.82) is 0 Å². The van der Waals surface area contributed by atoms with Crippen molar-refractivity contribution >= 4 is 5.78 Å². The molecular formula is C32H50O3. The van der Waals surface area contributed by atoms with Gasteiger partial charge in [0.2, 0.25) is 0 Å². The predicted octanol–water partition coefficient (Wildman–Crippen LogP) is 9.16. The molecule has 196 valence electrons. The second-order valence-electron chi connectivity index (χ2n) is 12.3. The standard InChI is InChI=1S/C32H50O3/c1-7-9-11-13-14-16-27(33)23-17-18-26-25(20-23)30-28(34)21-24(22-29(30)35-32(26,5)6)31(3,4)19-15-12-10-8-2/h17,21-22,25-26,34H,7-16,18-20H2,1-6H3/t25?,26-/m1/s1.